The van der Waals surface area contributed by atoms with Crippen LogP contribution in [0.1, 0.15) is 136 Å². The zero-order chi connectivity index (χ0) is 33.9. The van der Waals surface area contributed by atoms with Crippen LogP contribution in [0, 0.1) is 5.92 Å². The van der Waals surface area contributed by atoms with Crippen LogP contribution >= 0.6 is 0 Å². The first kappa shape index (κ1) is 40.1. The molecule has 0 saturated heterocycles. The first-order valence-electron chi connectivity index (χ1n) is 17.7. The number of anilines is 1. The van der Waals surface area contributed by atoms with Crippen LogP contribution in [0.25, 0.3) is 0 Å². The summed E-state index contributed by atoms with van der Waals surface area (Å²) in [7, 11) is 0. The third-order valence-electron chi connectivity index (χ3n) is 8.07. The summed E-state index contributed by atoms with van der Waals surface area (Å²) in [5, 5.41) is 9.50. The van der Waals surface area contributed by atoms with Crippen LogP contribution in [0.3, 0.4) is 0 Å². The summed E-state index contributed by atoms with van der Waals surface area (Å²) < 4.78 is 4.85. The molecule has 252 valence electrons. The number of rotatable bonds is 3. The molecule has 1 aliphatic carbocycles. The topological polar surface area (TPSA) is 62.4 Å². The molecule has 0 bridgehead atoms. The van der Waals surface area contributed by atoms with E-state index >= 15 is 0 Å². The minimum Gasteiger partial charge on any atom is -0.444 e. The number of carbonyl (C=O) groups is 1. The Kier molecular flexibility index (Phi) is 19.4. The van der Waals surface area contributed by atoms with E-state index in [0.717, 1.165) is 36.8 Å². The van der Waals surface area contributed by atoms with E-state index in [1.807, 2.05) is 53.7 Å². The predicted molar refractivity (Wildman–Crippen MR) is 196 cm³/mol. The van der Waals surface area contributed by atoms with E-state index in [1.165, 1.54) is 42.5 Å². The first-order valence-corrected chi connectivity index (χ1v) is 17.7. The summed E-state index contributed by atoms with van der Waals surface area (Å²) in [6.07, 6.45) is 5.76. The highest BCUT2D eigenvalue weighted by Gasteiger charge is 2.20. The molecule has 0 unspecified atom stereocenters. The Labute approximate surface area is 276 Å². The maximum absolute atomic E-state index is 11.0. The van der Waals surface area contributed by atoms with Crippen LogP contribution in [0.4, 0.5) is 10.5 Å². The van der Waals surface area contributed by atoms with Crippen LogP contribution < -0.4 is 16.0 Å². The van der Waals surface area contributed by atoms with Crippen LogP contribution in [-0.4, -0.2) is 25.7 Å². The molecule has 5 heteroatoms. The lowest BCUT2D eigenvalue weighted by Gasteiger charge is -2.18. The fourth-order valence-electron chi connectivity index (χ4n) is 5.34. The Balaban J connectivity index is 0.000000312. The molecule has 45 heavy (non-hydrogen) atoms. The minimum absolute atomic E-state index is 0.363. The molecule has 0 atom stereocenters. The van der Waals surface area contributed by atoms with Crippen molar-refractivity contribution in [3.8, 4) is 0 Å². The van der Waals surface area contributed by atoms with Crippen molar-refractivity contribution in [2.75, 3.05) is 25.0 Å². The number of ether oxygens (including phenoxy) is 1. The largest absolute Gasteiger partial charge is 0.444 e. The number of carbonyl (C=O) groups excluding carboxylic acids is 1. The van der Waals surface area contributed by atoms with Gasteiger partial charge in [0, 0.05) is 18.7 Å². The monoisotopic (exact) mass is 620 g/mol. The lowest BCUT2D eigenvalue weighted by atomic mass is 9.94. The average Bonchev–Trinajstić information content (AvgIpc) is 3.53. The summed E-state index contributed by atoms with van der Waals surface area (Å²) in [4.78, 5) is 11.0. The van der Waals surface area contributed by atoms with Gasteiger partial charge in [-0.2, -0.15) is 0 Å². The lowest BCUT2D eigenvalue weighted by Crippen LogP contribution is -2.23. The van der Waals surface area contributed by atoms with Crippen molar-refractivity contribution < 1.29 is 9.53 Å². The van der Waals surface area contributed by atoms with Crippen molar-refractivity contribution in [2.24, 2.45) is 5.92 Å². The molecule has 0 fully saturated rings. The number of hydrogen-bond acceptors (Lipinski definition) is 4. The Bertz CT molecular complexity index is 1220. The van der Waals surface area contributed by atoms with E-state index in [1.54, 1.807) is 22.3 Å². The fourth-order valence-corrected chi connectivity index (χ4v) is 5.34. The number of nitrogens with one attached hydrogen (secondary N) is 3. The average molecular weight is 620 g/mol. The second-order valence-electron chi connectivity index (χ2n) is 12.0. The first-order chi connectivity index (χ1) is 21.7. The van der Waals surface area contributed by atoms with Gasteiger partial charge in [0.15, 0.2) is 0 Å². The fraction of sp³-hybridized carbons (Fsp3) is 0.575. The summed E-state index contributed by atoms with van der Waals surface area (Å²) in [5.74, 6) is 1.86. The SMILES string of the molecule is CC.CC.CC.CC(C)C1=CC2=C(CCNC2)C1.CC(C)c1ccc2c(c1)CCNC2.CC(C)c1ccc2c(c1)NC(=O)OC2. The van der Waals surface area contributed by atoms with Gasteiger partial charge in [-0.3, -0.25) is 5.32 Å². The molecule has 1 amide bonds. The van der Waals surface area contributed by atoms with E-state index in [0.29, 0.717) is 18.4 Å². The Morgan fingerprint density at radius 1 is 0.667 bits per heavy atom. The number of benzene rings is 2. The lowest BCUT2D eigenvalue weighted by molar-refractivity contribution is 0.151. The molecule has 2 aromatic carbocycles. The quantitative estimate of drug-likeness (QED) is 0.320. The number of hydrogen-bond donors (Lipinski definition) is 3. The van der Waals surface area contributed by atoms with Gasteiger partial charge >= 0.3 is 6.09 Å². The highest BCUT2D eigenvalue weighted by molar-refractivity contribution is 5.87. The van der Waals surface area contributed by atoms with Crippen LogP contribution in [-0.2, 0) is 24.3 Å². The van der Waals surface area contributed by atoms with Crippen molar-refractivity contribution in [3.63, 3.8) is 0 Å². The highest BCUT2D eigenvalue weighted by Crippen LogP contribution is 2.33. The number of fused-ring (bicyclic) bond motifs is 2. The Morgan fingerprint density at radius 2 is 1.24 bits per heavy atom. The van der Waals surface area contributed by atoms with Crippen LogP contribution in [0.15, 0.2) is 59.2 Å². The molecular weight excluding hydrogens is 554 g/mol. The molecule has 3 N–H and O–H groups in total. The van der Waals surface area contributed by atoms with Crippen molar-refractivity contribution in [3.05, 3.63) is 87.0 Å². The number of cyclic esters (lactones) is 1. The van der Waals surface area contributed by atoms with Gasteiger partial charge in [0.25, 0.3) is 0 Å². The Morgan fingerprint density at radius 3 is 1.84 bits per heavy atom. The predicted octanol–water partition coefficient (Wildman–Crippen LogP) is 10.7. The maximum atomic E-state index is 11.0. The normalized spacial score (nSPS) is 15.7. The molecule has 0 aromatic heterocycles. The van der Waals surface area contributed by atoms with E-state index < -0.39 is 0 Å². The van der Waals surface area contributed by atoms with E-state index in [4.69, 9.17) is 4.74 Å². The third kappa shape index (κ3) is 12.8. The van der Waals surface area contributed by atoms with E-state index in [2.05, 4.69) is 87.8 Å². The molecule has 6 rings (SSSR count). The highest BCUT2D eigenvalue weighted by atomic mass is 16.5. The number of allylic oxidation sites excluding steroid dienone is 1. The van der Waals surface area contributed by atoms with Gasteiger partial charge in [-0.1, -0.05) is 131 Å². The van der Waals surface area contributed by atoms with Crippen molar-refractivity contribution >= 4 is 11.8 Å². The van der Waals surface area contributed by atoms with Crippen molar-refractivity contribution in [1.29, 1.82) is 0 Å². The van der Waals surface area contributed by atoms with E-state index in [9.17, 15) is 4.79 Å². The van der Waals surface area contributed by atoms with Gasteiger partial charge in [0.1, 0.15) is 6.61 Å². The second kappa shape index (κ2) is 21.8. The maximum Gasteiger partial charge on any atom is 0.411 e. The van der Waals surface area contributed by atoms with Crippen LogP contribution in [0.5, 0.6) is 0 Å². The Hall–Kier alpha value is -2.89. The van der Waals surface area contributed by atoms with Gasteiger partial charge in [-0.15, -0.1) is 0 Å². The second-order valence-corrected chi connectivity index (χ2v) is 12.0. The molecule has 3 aliphatic heterocycles. The molecule has 0 radical (unpaired) electrons. The van der Waals surface area contributed by atoms with Crippen LogP contribution in [0.2, 0.25) is 0 Å². The smallest absolute Gasteiger partial charge is 0.411 e. The molecule has 0 saturated carbocycles. The van der Waals surface area contributed by atoms with Gasteiger partial charge in [0.05, 0.1) is 5.69 Å². The summed E-state index contributed by atoms with van der Waals surface area (Å²) in [6.45, 7) is 30.2. The van der Waals surface area contributed by atoms with Gasteiger partial charge in [0.2, 0.25) is 0 Å². The van der Waals surface area contributed by atoms with Gasteiger partial charge in [-0.05, 0) is 84.0 Å². The molecule has 3 heterocycles. The van der Waals surface area contributed by atoms with Gasteiger partial charge < -0.3 is 15.4 Å². The standard InChI is InChI=1S/C12H17N.C11H13NO2.C11H17N.3C2H6/c1-9(2)10-3-4-12-8-13-6-5-11(12)7-10;1-7(2)8-3-4-9-6-14-11(13)12-10(9)5-8;1-8(2)10-5-9-3-4-12-7-11(9)6-10;3*1-2/h3-4,7,9,13H,5-6,8H2,1-2H3;3-5,7H,6H2,1-2H3,(H,12,13);6,8,12H,3-5,7H2,1-2H3;3*1-2H3. The number of amides is 1. The summed E-state index contributed by atoms with van der Waals surface area (Å²) >= 11 is 0. The minimum atomic E-state index is -0.363. The third-order valence-corrected chi connectivity index (χ3v) is 8.07. The van der Waals surface area contributed by atoms with Crippen molar-refractivity contribution in [1.82, 2.24) is 10.6 Å². The summed E-state index contributed by atoms with van der Waals surface area (Å²) in [5.41, 5.74) is 12.5. The van der Waals surface area contributed by atoms with E-state index in [-0.39, 0.29) is 6.09 Å². The molecule has 4 aliphatic rings. The zero-order valence-corrected chi connectivity index (χ0v) is 30.7. The molecule has 5 nitrogen and oxygen atoms in total. The molecular formula is C40H65N3O2. The van der Waals surface area contributed by atoms with Gasteiger partial charge in [-0.25, -0.2) is 4.79 Å². The zero-order valence-electron chi connectivity index (χ0n) is 30.7. The summed E-state index contributed by atoms with van der Waals surface area (Å²) in [6, 6.07) is 13.0. The van der Waals surface area contributed by atoms with Crippen molar-refractivity contribution in [2.45, 2.75) is 127 Å². The molecule has 2 aromatic rings. The molecule has 0 spiro atoms.